The van der Waals surface area contributed by atoms with E-state index in [-0.39, 0.29) is 5.84 Å². The fourth-order valence-electron chi connectivity index (χ4n) is 1.88. The maximum absolute atomic E-state index is 6.70. The van der Waals surface area contributed by atoms with Gasteiger partial charge in [0, 0.05) is 5.56 Å². The van der Waals surface area contributed by atoms with Crippen LogP contribution in [0.4, 0.5) is 0 Å². The molecule has 3 rings (SSSR count). The quantitative estimate of drug-likeness (QED) is 0.382. The summed E-state index contributed by atoms with van der Waals surface area (Å²) < 4.78 is 5.70. The highest BCUT2D eigenvalue weighted by Crippen LogP contribution is 2.34. The van der Waals surface area contributed by atoms with Gasteiger partial charge in [0.15, 0.2) is 5.84 Å². The molecule has 0 amide bonds. The number of nitrogens with two attached hydrogens (primary N) is 1. The van der Waals surface area contributed by atoms with E-state index in [1.807, 2.05) is 12.1 Å². The van der Waals surface area contributed by atoms with Crippen molar-refractivity contribution in [3.8, 4) is 17.0 Å². The van der Waals surface area contributed by atoms with Crippen molar-refractivity contribution in [2.75, 3.05) is 0 Å². The van der Waals surface area contributed by atoms with Gasteiger partial charge >= 0.3 is 0 Å². The summed E-state index contributed by atoms with van der Waals surface area (Å²) in [5.41, 5.74) is 14.2. The maximum Gasteiger partial charge on any atom is 0.173 e. The zero-order valence-electron chi connectivity index (χ0n) is 11.5. The smallest absolute Gasteiger partial charge is 0.173 e. The number of hydrogen-bond donors (Lipinski definition) is 2. The van der Waals surface area contributed by atoms with E-state index in [0.717, 1.165) is 18.4 Å². The Morgan fingerprint density at radius 2 is 2.14 bits per heavy atom. The lowest BCUT2D eigenvalue weighted by Gasteiger charge is -2.09. The molecule has 1 aromatic carbocycles. The van der Waals surface area contributed by atoms with Gasteiger partial charge in [-0.05, 0) is 37.1 Å². The number of nitrogens with one attached hydrogen (secondary N) is 1. The van der Waals surface area contributed by atoms with E-state index in [4.69, 9.17) is 27.6 Å². The summed E-state index contributed by atoms with van der Waals surface area (Å²) in [6.07, 6.45) is 3.82. The van der Waals surface area contributed by atoms with Crippen molar-refractivity contribution in [1.29, 1.82) is 5.53 Å². The predicted octanol–water partition coefficient (Wildman–Crippen LogP) is 2.99. The monoisotopic (exact) mass is 316 g/mol. The Hall–Kier alpha value is -2.54. The van der Waals surface area contributed by atoms with Gasteiger partial charge in [-0.15, -0.1) is 5.10 Å². The molecule has 1 aliphatic rings. The zero-order valence-corrected chi connectivity index (χ0v) is 12.3. The first-order valence-corrected chi connectivity index (χ1v) is 7.04. The molecule has 2 aromatic rings. The van der Waals surface area contributed by atoms with Crippen molar-refractivity contribution < 1.29 is 4.74 Å². The van der Waals surface area contributed by atoms with Gasteiger partial charge in [0.25, 0.3) is 0 Å². The molecule has 0 aliphatic heterocycles. The third kappa shape index (κ3) is 3.20. The lowest BCUT2D eigenvalue weighted by molar-refractivity contribution is 0.303. The first-order valence-electron chi connectivity index (χ1n) is 6.66. The van der Waals surface area contributed by atoms with Crippen LogP contribution in [0.15, 0.2) is 40.9 Å². The van der Waals surface area contributed by atoms with Crippen LogP contribution in [-0.2, 0) is 0 Å². The molecule has 0 radical (unpaired) electrons. The molecular formula is C14H13ClN6O. The van der Waals surface area contributed by atoms with Gasteiger partial charge in [-0.2, -0.15) is 5.53 Å². The first-order chi connectivity index (χ1) is 10.7. The molecule has 22 heavy (non-hydrogen) atoms. The van der Waals surface area contributed by atoms with Gasteiger partial charge in [-0.3, -0.25) is 0 Å². The molecular weight excluding hydrogens is 304 g/mol. The molecule has 0 spiro atoms. The first kappa shape index (κ1) is 14.4. The average molecular weight is 317 g/mol. The summed E-state index contributed by atoms with van der Waals surface area (Å²) in [5.74, 6) is 0.731. The third-order valence-corrected chi connectivity index (χ3v) is 3.43. The highest BCUT2D eigenvalue weighted by Gasteiger charge is 2.24. The molecule has 3 N–H and O–H groups in total. The summed E-state index contributed by atoms with van der Waals surface area (Å²) in [5, 5.41) is 6.87. The van der Waals surface area contributed by atoms with Crippen molar-refractivity contribution >= 4 is 17.4 Å². The topological polar surface area (TPSA) is 110 Å². The van der Waals surface area contributed by atoms with Crippen LogP contribution in [0, 0.1) is 5.53 Å². The molecule has 1 fully saturated rings. The summed E-state index contributed by atoms with van der Waals surface area (Å²) in [7, 11) is 0. The van der Waals surface area contributed by atoms with Crippen LogP contribution in [0.3, 0.4) is 0 Å². The number of amidine groups is 1. The standard InChI is InChI=1S/C14H13ClN6O/c15-10-5-8(1-4-13(10)22-9-2-3-9)11-6-12(19-7-18-11)14(16)20-21-17/h1,4-7,9H,2-3H2,(H3,16,17,20). The highest BCUT2D eigenvalue weighted by atomic mass is 35.5. The number of hydrogen-bond acceptors (Lipinski definition) is 5. The van der Waals surface area contributed by atoms with Gasteiger partial charge < -0.3 is 10.5 Å². The summed E-state index contributed by atoms with van der Waals surface area (Å²) in [4.78, 5) is 8.20. The van der Waals surface area contributed by atoms with Crippen LogP contribution in [-0.4, -0.2) is 21.9 Å². The summed E-state index contributed by atoms with van der Waals surface area (Å²) in [6, 6.07) is 7.15. The number of aromatic nitrogens is 2. The largest absolute Gasteiger partial charge is 0.489 e. The average Bonchev–Trinajstić information content (AvgIpc) is 3.34. The van der Waals surface area contributed by atoms with Gasteiger partial charge in [0.05, 0.1) is 16.8 Å². The van der Waals surface area contributed by atoms with Crippen LogP contribution >= 0.6 is 11.6 Å². The number of halogens is 1. The second-order valence-corrected chi connectivity index (χ2v) is 5.24. The van der Waals surface area contributed by atoms with Crippen LogP contribution in [0.1, 0.15) is 18.5 Å². The normalized spacial score (nSPS) is 14.7. The van der Waals surface area contributed by atoms with Crippen molar-refractivity contribution in [1.82, 2.24) is 9.97 Å². The Morgan fingerprint density at radius 1 is 1.32 bits per heavy atom. The molecule has 0 bridgehead atoms. The summed E-state index contributed by atoms with van der Waals surface area (Å²) in [6.45, 7) is 0. The molecule has 0 atom stereocenters. The van der Waals surface area contributed by atoms with Crippen LogP contribution in [0.25, 0.3) is 11.3 Å². The van der Waals surface area contributed by atoms with Crippen molar-refractivity contribution in [2.45, 2.75) is 18.9 Å². The Kier molecular flexibility index (Phi) is 3.97. The lowest BCUT2D eigenvalue weighted by Crippen LogP contribution is -2.14. The fourth-order valence-corrected chi connectivity index (χ4v) is 2.11. The van der Waals surface area contributed by atoms with Crippen molar-refractivity contribution in [3.63, 3.8) is 0 Å². The Bertz CT molecular complexity index is 744. The number of ether oxygens (including phenoxy) is 1. The summed E-state index contributed by atoms with van der Waals surface area (Å²) >= 11 is 6.25. The Labute approximate surface area is 131 Å². The van der Waals surface area contributed by atoms with E-state index >= 15 is 0 Å². The van der Waals surface area contributed by atoms with Crippen molar-refractivity contribution in [3.05, 3.63) is 41.3 Å². The zero-order chi connectivity index (χ0) is 15.5. The van der Waals surface area contributed by atoms with E-state index in [0.29, 0.717) is 28.3 Å². The Morgan fingerprint density at radius 3 is 2.82 bits per heavy atom. The molecule has 1 aromatic heterocycles. The Balaban J connectivity index is 1.90. The predicted molar refractivity (Wildman–Crippen MR) is 82.0 cm³/mol. The third-order valence-electron chi connectivity index (χ3n) is 3.13. The minimum Gasteiger partial charge on any atom is -0.489 e. The van der Waals surface area contributed by atoms with Gasteiger partial charge in [0.2, 0.25) is 0 Å². The van der Waals surface area contributed by atoms with E-state index < -0.39 is 0 Å². The maximum atomic E-state index is 6.70. The molecule has 1 saturated carbocycles. The van der Waals surface area contributed by atoms with E-state index in [2.05, 4.69) is 20.3 Å². The highest BCUT2D eigenvalue weighted by molar-refractivity contribution is 6.32. The SMILES string of the molecule is N=NN=C(N)c1cc(-c2ccc(OC3CC3)c(Cl)c2)ncn1. The molecule has 8 heteroatoms. The van der Waals surface area contributed by atoms with E-state index in [9.17, 15) is 0 Å². The molecule has 1 aliphatic carbocycles. The number of nitrogens with zero attached hydrogens (tertiary/aromatic N) is 4. The minimum absolute atomic E-state index is 0.0541. The van der Waals surface area contributed by atoms with Crippen LogP contribution < -0.4 is 10.5 Å². The second-order valence-electron chi connectivity index (χ2n) is 4.84. The molecule has 112 valence electrons. The molecule has 7 nitrogen and oxygen atoms in total. The van der Waals surface area contributed by atoms with Gasteiger partial charge in [0.1, 0.15) is 17.8 Å². The molecule has 0 unspecified atom stereocenters. The number of rotatable bonds is 5. The van der Waals surface area contributed by atoms with Crippen LogP contribution in [0.2, 0.25) is 5.02 Å². The van der Waals surface area contributed by atoms with Gasteiger partial charge in [-0.25, -0.2) is 9.97 Å². The molecule has 1 heterocycles. The van der Waals surface area contributed by atoms with E-state index in [1.165, 1.54) is 6.33 Å². The van der Waals surface area contributed by atoms with Crippen LogP contribution in [0.5, 0.6) is 5.75 Å². The van der Waals surface area contributed by atoms with Gasteiger partial charge in [-0.1, -0.05) is 16.8 Å². The molecule has 0 saturated heterocycles. The second kappa shape index (κ2) is 6.07. The minimum atomic E-state index is 0.0541. The van der Waals surface area contributed by atoms with Crippen molar-refractivity contribution in [2.24, 2.45) is 16.1 Å². The lowest BCUT2D eigenvalue weighted by atomic mass is 10.1. The fraction of sp³-hybridized carbons (Fsp3) is 0.214. The van der Waals surface area contributed by atoms with E-state index in [1.54, 1.807) is 12.1 Å². The number of benzene rings is 1.